The van der Waals surface area contributed by atoms with Crippen molar-refractivity contribution in [3.63, 3.8) is 0 Å². The fraction of sp³-hybridized carbons (Fsp3) is 0.737. The molecule has 50 heavy (non-hydrogen) atoms. The van der Waals surface area contributed by atoms with Crippen molar-refractivity contribution >= 4 is 35.2 Å². The average Bonchev–Trinajstić information content (AvgIpc) is 3.90. The Morgan fingerprint density at radius 1 is 1.06 bits per heavy atom. The van der Waals surface area contributed by atoms with Gasteiger partial charge in [-0.2, -0.15) is 0 Å². The lowest BCUT2D eigenvalue weighted by Crippen LogP contribution is -2.55. The van der Waals surface area contributed by atoms with E-state index in [0.29, 0.717) is 56.3 Å². The van der Waals surface area contributed by atoms with Crippen LogP contribution in [0.2, 0.25) is 0 Å². The number of anilines is 2. The number of methoxy groups -OCH3 is 1. The zero-order valence-electron chi connectivity index (χ0n) is 31.2. The van der Waals surface area contributed by atoms with Gasteiger partial charge in [-0.3, -0.25) is 14.4 Å². The minimum Gasteiger partial charge on any atom is -0.476 e. The third kappa shape index (κ3) is 8.91. The van der Waals surface area contributed by atoms with Crippen LogP contribution < -0.4 is 19.9 Å². The van der Waals surface area contributed by atoms with E-state index in [1.165, 1.54) is 4.90 Å². The molecule has 278 valence electrons. The standard InChI is InChI=1S/C38H58N4O8/c1-8-48-38(17-10-9-11-18-38)25-39-32(43)26-21-27(24-40(23-26)35(46)50-36(2,3)4)33(44)42(28-13-14-28)29-15-16-31-30(22-29)41(19-12-20-47-7)34(45)37(5,6)49-31/h15-16,22,26-28H,8-14,17-21,23-25H2,1-7H3,(H,39,43)/t26-,27+/m0/s1. The quantitative estimate of drug-likeness (QED) is 0.286. The van der Waals surface area contributed by atoms with E-state index in [4.69, 9.17) is 18.9 Å². The molecule has 4 aliphatic rings. The highest BCUT2D eigenvalue weighted by Gasteiger charge is 2.45. The fourth-order valence-electron chi connectivity index (χ4n) is 7.55. The number of piperidine rings is 1. The molecule has 1 aromatic carbocycles. The van der Waals surface area contributed by atoms with Crippen LogP contribution in [0, 0.1) is 11.8 Å². The number of ether oxygens (including phenoxy) is 4. The van der Waals surface area contributed by atoms with E-state index in [2.05, 4.69) is 5.32 Å². The maximum Gasteiger partial charge on any atom is 0.410 e. The number of carbonyl (C=O) groups is 4. The fourth-order valence-corrected chi connectivity index (χ4v) is 7.55. The van der Waals surface area contributed by atoms with Crippen molar-refractivity contribution in [2.75, 3.05) is 56.3 Å². The van der Waals surface area contributed by atoms with E-state index in [0.717, 1.165) is 44.9 Å². The Morgan fingerprint density at radius 2 is 1.76 bits per heavy atom. The number of hydrogen-bond acceptors (Lipinski definition) is 8. The Bertz CT molecular complexity index is 1390. The van der Waals surface area contributed by atoms with Crippen LogP contribution in [0.3, 0.4) is 0 Å². The van der Waals surface area contributed by atoms with Gasteiger partial charge in [0, 0.05) is 58.2 Å². The van der Waals surface area contributed by atoms with Crippen molar-refractivity contribution in [1.29, 1.82) is 0 Å². The van der Waals surface area contributed by atoms with Gasteiger partial charge in [-0.1, -0.05) is 19.3 Å². The van der Waals surface area contributed by atoms with E-state index in [1.807, 2.05) is 30.0 Å². The molecule has 12 nitrogen and oxygen atoms in total. The Morgan fingerprint density at radius 3 is 2.40 bits per heavy atom. The molecule has 2 heterocycles. The Hall–Kier alpha value is -3.38. The highest BCUT2D eigenvalue weighted by Crippen LogP contribution is 2.43. The normalized spacial score (nSPS) is 23.1. The monoisotopic (exact) mass is 698 g/mol. The molecule has 0 bridgehead atoms. The van der Waals surface area contributed by atoms with Gasteiger partial charge < -0.3 is 39.0 Å². The predicted octanol–water partition coefficient (Wildman–Crippen LogP) is 5.45. The third-order valence-corrected chi connectivity index (χ3v) is 10.1. The van der Waals surface area contributed by atoms with Gasteiger partial charge in [0.15, 0.2) is 5.60 Å². The number of benzene rings is 1. The molecule has 1 saturated heterocycles. The van der Waals surface area contributed by atoms with E-state index >= 15 is 0 Å². The van der Waals surface area contributed by atoms with E-state index in [1.54, 1.807) is 46.6 Å². The molecular weight excluding hydrogens is 640 g/mol. The first-order valence-electron chi connectivity index (χ1n) is 18.5. The van der Waals surface area contributed by atoms with Gasteiger partial charge in [0.2, 0.25) is 11.8 Å². The van der Waals surface area contributed by atoms with E-state index in [-0.39, 0.29) is 42.5 Å². The van der Waals surface area contributed by atoms with Crippen molar-refractivity contribution in [3.05, 3.63) is 18.2 Å². The van der Waals surface area contributed by atoms with Crippen LogP contribution in [0.15, 0.2) is 18.2 Å². The van der Waals surface area contributed by atoms with Crippen LogP contribution in [0.1, 0.15) is 99.3 Å². The summed E-state index contributed by atoms with van der Waals surface area (Å²) in [5, 5.41) is 3.15. The second-order valence-electron chi connectivity index (χ2n) is 15.9. The second-order valence-corrected chi connectivity index (χ2v) is 15.9. The summed E-state index contributed by atoms with van der Waals surface area (Å²) >= 11 is 0. The van der Waals surface area contributed by atoms with Crippen LogP contribution in [0.5, 0.6) is 5.75 Å². The Labute approximate surface area is 297 Å². The minimum atomic E-state index is -1.03. The molecule has 2 saturated carbocycles. The number of rotatable bonds is 12. The molecule has 5 rings (SSSR count). The maximum atomic E-state index is 14.6. The first-order chi connectivity index (χ1) is 23.7. The van der Waals surface area contributed by atoms with Gasteiger partial charge in [-0.05, 0) is 98.3 Å². The highest BCUT2D eigenvalue weighted by molar-refractivity contribution is 6.04. The molecule has 12 heteroatoms. The van der Waals surface area contributed by atoms with Gasteiger partial charge >= 0.3 is 6.09 Å². The first-order valence-corrected chi connectivity index (χ1v) is 18.5. The number of amides is 4. The summed E-state index contributed by atoms with van der Waals surface area (Å²) in [5.74, 6) is -1.14. The lowest BCUT2D eigenvalue weighted by molar-refractivity contribution is -0.133. The third-order valence-electron chi connectivity index (χ3n) is 10.1. The van der Waals surface area contributed by atoms with Crippen molar-refractivity contribution < 1.29 is 38.1 Å². The van der Waals surface area contributed by atoms with Crippen molar-refractivity contribution in [1.82, 2.24) is 10.2 Å². The summed E-state index contributed by atoms with van der Waals surface area (Å²) in [5.41, 5.74) is -0.873. The van der Waals surface area contributed by atoms with Crippen LogP contribution >= 0.6 is 0 Å². The second kappa shape index (κ2) is 15.5. The zero-order chi connectivity index (χ0) is 36.3. The largest absolute Gasteiger partial charge is 0.476 e. The number of carbonyl (C=O) groups excluding carboxylic acids is 4. The van der Waals surface area contributed by atoms with Gasteiger partial charge in [0.25, 0.3) is 5.91 Å². The maximum absolute atomic E-state index is 14.6. The van der Waals surface area contributed by atoms with Gasteiger partial charge in [0.05, 0.1) is 23.1 Å². The number of nitrogens with one attached hydrogen (secondary N) is 1. The molecule has 2 aliphatic heterocycles. The molecular formula is C38H58N4O8. The number of hydrogen-bond donors (Lipinski definition) is 1. The predicted molar refractivity (Wildman–Crippen MR) is 190 cm³/mol. The number of nitrogens with zero attached hydrogens (tertiary/aromatic N) is 3. The van der Waals surface area contributed by atoms with Crippen molar-refractivity contribution in [3.8, 4) is 5.75 Å². The van der Waals surface area contributed by atoms with E-state index in [9.17, 15) is 19.2 Å². The topological polar surface area (TPSA) is 127 Å². The smallest absolute Gasteiger partial charge is 0.410 e. The molecule has 0 spiro atoms. The molecule has 0 unspecified atom stereocenters. The Kier molecular flexibility index (Phi) is 11.7. The van der Waals surface area contributed by atoms with Crippen molar-refractivity contribution in [2.45, 2.75) is 122 Å². The SMILES string of the molecule is CCOC1(CNC(=O)[C@H]2C[C@@H](C(=O)N(c3ccc4c(c3)N(CCCOC)C(=O)C(C)(C)O4)C3CC3)CN(C(=O)OC(C)(C)C)C2)CCCCC1. The summed E-state index contributed by atoms with van der Waals surface area (Å²) in [7, 11) is 1.63. The molecule has 2 aliphatic carbocycles. The molecule has 3 fully saturated rings. The number of likely N-dealkylation sites (tertiary alicyclic amines) is 1. The van der Waals surface area contributed by atoms with E-state index < -0.39 is 29.1 Å². The van der Waals surface area contributed by atoms with Gasteiger partial charge in [-0.25, -0.2) is 4.79 Å². The van der Waals surface area contributed by atoms with Gasteiger partial charge in [-0.15, -0.1) is 0 Å². The van der Waals surface area contributed by atoms with Crippen LogP contribution in [0.25, 0.3) is 0 Å². The van der Waals surface area contributed by atoms with Gasteiger partial charge in [0.1, 0.15) is 11.4 Å². The zero-order valence-corrected chi connectivity index (χ0v) is 31.2. The molecule has 0 radical (unpaired) electrons. The average molecular weight is 699 g/mol. The molecule has 2 atom stereocenters. The first kappa shape index (κ1) is 37.9. The molecule has 1 N–H and O–H groups in total. The summed E-state index contributed by atoms with van der Waals surface area (Å²) in [6.07, 6.45) is 7.17. The summed E-state index contributed by atoms with van der Waals surface area (Å²) in [4.78, 5) is 60.5. The highest BCUT2D eigenvalue weighted by atomic mass is 16.6. The molecule has 4 amide bonds. The summed E-state index contributed by atoms with van der Waals surface area (Å²) in [6, 6.07) is 5.54. The lowest BCUT2D eigenvalue weighted by atomic mass is 9.83. The van der Waals surface area contributed by atoms with Crippen LogP contribution in [-0.2, 0) is 28.6 Å². The lowest BCUT2D eigenvalue weighted by Gasteiger charge is -2.41. The van der Waals surface area contributed by atoms with Crippen molar-refractivity contribution in [2.24, 2.45) is 11.8 Å². The summed E-state index contributed by atoms with van der Waals surface area (Å²) < 4.78 is 23.3. The van der Waals surface area contributed by atoms with Crippen LogP contribution in [0.4, 0.5) is 16.2 Å². The Balaban J connectivity index is 1.40. The minimum absolute atomic E-state index is 0.0133. The van der Waals surface area contributed by atoms with Crippen LogP contribution in [-0.4, -0.2) is 98.1 Å². The molecule has 1 aromatic rings. The molecule has 0 aromatic heterocycles. The summed E-state index contributed by atoms with van der Waals surface area (Å²) in [6.45, 7) is 13.1. The number of fused-ring (bicyclic) bond motifs is 1.